The highest BCUT2D eigenvalue weighted by molar-refractivity contribution is 7.77. The monoisotopic (exact) mass is 377 g/mol. The molecule has 1 heterocycles. The van der Waals surface area contributed by atoms with Gasteiger partial charge in [0.2, 0.25) is 0 Å². The predicted molar refractivity (Wildman–Crippen MR) is 115 cm³/mol. The predicted octanol–water partition coefficient (Wildman–Crippen LogP) is 4.77. The van der Waals surface area contributed by atoms with Gasteiger partial charge in [-0.25, -0.2) is 0 Å². The summed E-state index contributed by atoms with van der Waals surface area (Å²) in [5, 5.41) is 4.28. The van der Waals surface area contributed by atoms with Crippen LogP contribution in [-0.4, -0.2) is 19.3 Å². The Morgan fingerprint density at radius 3 is 2.11 bits per heavy atom. The van der Waals surface area contributed by atoms with E-state index in [1.54, 1.807) is 0 Å². The standard InChI is InChI=1S/C24H25O2P/c1-2-23-24(26-18-17-25-23)19-13-15-22(16-14-19)27(20-9-5-3-6-10-20)21-11-7-4-8-12-21/h3-13,15-16,23H,2,14,17-18H2,1H3/p+1. The molecule has 0 N–H and O–H groups in total. The van der Waals surface area contributed by atoms with Gasteiger partial charge in [-0.1, -0.05) is 49.4 Å². The van der Waals surface area contributed by atoms with Gasteiger partial charge in [0.15, 0.2) is 0 Å². The summed E-state index contributed by atoms with van der Waals surface area (Å²) in [4.78, 5) is 0. The van der Waals surface area contributed by atoms with Crippen LogP contribution in [0.5, 0.6) is 0 Å². The summed E-state index contributed by atoms with van der Waals surface area (Å²) in [7, 11) is -0.993. The largest absolute Gasteiger partial charge is 0.492 e. The normalized spacial score (nSPS) is 22.4. The Hall–Kier alpha value is -2.15. The van der Waals surface area contributed by atoms with E-state index in [4.69, 9.17) is 9.47 Å². The zero-order chi connectivity index (χ0) is 18.5. The maximum Gasteiger partial charge on any atom is 0.128 e. The molecule has 0 radical (unpaired) electrons. The van der Waals surface area contributed by atoms with Crippen LogP contribution in [0.2, 0.25) is 0 Å². The van der Waals surface area contributed by atoms with E-state index >= 15 is 0 Å². The third kappa shape index (κ3) is 4.08. The summed E-state index contributed by atoms with van der Waals surface area (Å²) in [5.74, 6) is 1.03. The van der Waals surface area contributed by atoms with Crippen molar-refractivity contribution in [1.82, 2.24) is 0 Å². The van der Waals surface area contributed by atoms with Gasteiger partial charge in [0.05, 0.1) is 19.8 Å². The first-order chi connectivity index (χ1) is 13.4. The maximum absolute atomic E-state index is 5.97. The molecule has 0 spiro atoms. The summed E-state index contributed by atoms with van der Waals surface area (Å²) in [6.45, 7) is 3.50. The van der Waals surface area contributed by atoms with Gasteiger partial charge in [-0.2, -0.15) is 0 Å². The second-order valence-corrected chi connectivity index (χ2v) is 9.29. The van der Waals surface area contributed by atoms with E-state index in [0.29, 0.717) is 13.2 Å². The number of rotatable bonds is 4. The first kappa shape index (κ1) is 18.2. The molecule has 0 saturated carbocycles. The molecule has 27 heavy (non-hydrogen) atoms. The highest BCUT2D eigenvalue weighted by Gasteiger charge is 2.29. The average molecular weight is 377 g/mol. The topological polar surface area (TPSA) is 18.5 Å². The number of hydrogen-bond acceptors (Lipinski definition) is 2. The summed E-state index contributed by atoms with van der Waals surface area (Å²) in [5.41, 5.74) is 1.26. The first-order valence-corrected chi connectivity index (χ1v) is 11.2. The lowest BCUT2D eigenvalue weighted by molar-refractivity contribution is -0.0446. The number of hydrogen-bond donors (Lipinski definition) is 0. The van der Waals surface area contributed by atoms with Crippen LogP contribution < -0.4 is 10.6 Å². The maximum atomic E-state index is 5.97. The molecule has 0 bridgehead atoms. The number of benzene rings is 2. The molecule has 1 aliphatic heterocycles. The molecule has 1 fully saturated rings. The molecule has 0 amide bonds. The van der Waals surface area contributed by atoms with Crippen LogP contribution in [0.15, 0.2) is 95.5 Å². The van der Waals surface area contributed by atoms with Crippen LogP contribution in [-0.2, 0) is 9.47 Å². The van der Waals surface area contributed by atoms with Crippen molar-refractivity contribution < 1.29 is 9.47 Å². The van der Waals surface area contributed by atoms with E-state index in [9.17, 15) is 0 Å². The second-order valence-electron chi connectivity index (χ2n) is 6.81. The van der Waals surface area contributed by atoms with E-state index < -0.39 is 7.92 Å². The van der Waals surface area contributed by atoms with E-state index in [1.807, 2.05) is 0 Å². The molecular formula is C24H26O2P+. The van der Waals surface area contributed by atoms with Crippen molar-refractivity contribution >= 4 is 18.5 Å². The highest BCUT2D eigenvalue weighted by Crippen LogP contribution is 2.45. The molecule has 2 aromatic rings. The van der Waals surface area contributed by atoms with Crippen molar-refractivity contribution in [3.63, 3.8) is 0 Å². The van der Waals surface area contributed by atoms with Crippen molar-refractivity contribution in [2.24, 2.45) is 0 Å². The Morgan fingerprint density at radius 1 is 0.889 bits per heavy atom. The molecule has 138 valence electrons. The van der Waals surface area contributed by atoms with Gasteiger partial charge >= 0.3 is 0 Å². The molecule has 1 aliphatic carbocycles. The Kier molecular flexibility index (Phi) is 5.87. The summed E-state index contributed by atoms with van der Waals surface area (Å²) >= 11 is 0. The average Bonchev–Trinajstić information content (AvgIpc) is 2.76. The Balaban J connectivity index is 1.65. The second kappa shape index (κ2) is 8.69. The minimum atomic E-state index is -0.993. The number of ether oxygens (including phenoxy) is 2. The number of allylic oxidation sites excluding steroid dienone is 5. The lowest BCUT2D eigenvalue weighted by atomic mass is 10.0. The summed E-state index contributed by atoms with van der Waals surface area (Å²) in [6, 6.07) is 21.8. The Bertz CT molecular complexity index is 813. The lowest BCUT2D eigenvalue weighted by Gasteiger charge is -2.28. The molecule has 2 nitrogen and oxygen atoms in total. The zero-order valence-electron chi connectivity index (χ0n) is 15.7. The van der Waals surface area contributed by atoms with Crippen LogP contribution in [0.4, 0.5) is 0 Å². The Labute approximate surface area is 163 Å². The van der Waals surface area contributed by atoms with E-state index in [0.717, 1.165) is 18.6 Å². The van der Waals surface area contributed by atoms with Crippen molar-refractivity contribution in [3.05, 3.63) is 95.5 Å². The fraction of sp³-hybridized carbons (Fsp3) is 0.250. The van der Waals surface area contributed by atoms with Gasteiger partial charge in [0.25, 0.3) is 0 Å². The molecule has 2 aliphatic rings. The SMILES string of the molecule is CCC1OCCOC1=C1C=CC([PH+](c2ccccc2)c2ccccc2)=CC1. The fourth-order valence-electron chi connectivity index (χ4n) is 3.74. The van der Waals surface area contributed by atoms with Gasteiger partial charge in [0, 0.05) is 0 Å². The third-order valence-corrected chi connectivity index (χ3v) is 7.83. The molecule has 1 saturated heterocycles. The minimum Gasteiger partial charge on any atom is -0.492 e. The fourth-order valence-corrected chi connectivity index (χ4v) is 6.35. The molecule has 3 heteroatoms. The third-order valence-electron chi connectivity index (χ3n) is 5.06. The smallest absolute Gasteiger partial charge is 0.128 e. The molecule has 1 unspecified atom stereocenters. The first-order valence-electron chi connectivity index (χ1n) is 9.70. The Morgan fingerprint density at radius 2 is 1.56 bits per heavy atom. The van der Waals surface area contributed by atoms with E-state index in [2.05, 4.69) is 85.8 Å². The highest BCUT2D eigenvalue weighted by atomic mass is 31.1. The van der Waals surface area contributed by atoms with Crippen LogP contribution >= 0.6 is 7.92 Å². The lowest BCUT2D eigenvalue weighted by Crippen LogP contribution is -2.27. The van der Waals surface area contributed by atoms with Crippen LogP contribution in [0.25, 0.3) is 0 Å². The van der Waals surface area contributed by atoms with Crippen LogP contribution in [0.1, 0.15) is 19.8 Å². The molecule has 2 aromatic carbocycles. The molecular weight excluding hydrogens is 351 g/mol. The van der Waals surface area contributed by atoms with Crippen molar-refractivity contribution in [3.8, 4) is 0 Å². The van der Waals surface area contributed by atoms with E-state index in [1.165, 1.54) is 21.5 Å². The van der Waals surface area contributed by atoms with Gasteiger partial charge in [-0.05, 0) is 54.8 Å². The van der Waals surface area contributed by atoms with Crippen molar-refractivity contribution in [2.45, 2.75) is 25.9 Å². The summed E-state index contributed by atoms with van der Waals surface area (Å²) < 4.78 is 11.8. The van der Waals surface area contributed by atoms with Crippen molar-refractivity contribution in [2.75, 3.05) is 13.2 Å². The van der Waals surface area contributed by atoms with Gasteiger partial charge in [-0.15, -0.1) is 0 Å². The zero-order valence-corrected chi connectivity index (χ0v) is 16.7. The van der Waals surface area contributed by atoms with Gasteiger partial charge < -0.3 is 9.47 Å². The van der Waals surface area contributed by atoms with Gasteiger partial charge in [0.1, 0.15) is 29.1 Å². The summed E-state index contributed by atoms with van der Waals surface area (Å²) in [6.07, 6.45) is 8.90. The minimum absolute atomic E-state index is 0.0985. The van der Waals surface area contributed by atoms with Gasteiger partial charge in [-0.3, -0.25) is 0 Å². The van der Waals surface area contributed by atoms with Crippen LogP contribution in [0, 0.1) is 0 Å². The quantitative estimate of drug-likeness (QED) is 0.715. The van der Waals surface area contributed by atoms with E-state index in [-0.39, 0.29) is 6.10 Å². The van der Waals surface area contributed by atoms with Crippen molar-refractivity contribution in [1.29, 1.82) is 0 Å². The molecule has 1 atom stereocenters. The molecule has 0 aromatic heterocycles. The van der Waals surface area contributed by atoms with Crippen LogP contribution in [0.3, 0.4) is 0 Å². The molecule has 4 rings (SSSR count).